The number of methoxy groups -OCH3 is 4. The van der Waals surface area contributed by atoms with Crippen molar-refractivity contribution in [2.45, 2.75) is 63.6 Å². The second-order valence-electron chi connectivity index (χ2n) is 15.0. The van der Waals surface area contributed by atoms with Gasteiger partial charge >= 0.3 is 18.0 Å². The third-order valence-corrected chi connectivity index (χ3v) is 12.4. The van der Waals surface area contributed by atoms with Gasteiger partial charge < -0.3 is 43.7 Å². The Morgan fingerprint density at radius 2 is 1.40 bits per heavy atom. The molecule has 57 heavy (non-hydrogen) atoms. The number of benzene rings is 3. The van der Waals surface area contributed by atoms with Gasteiger partial charge in [0.25, 0.3) is 0 Å². The van der Waals surface area contributed by atoms with Crippen LogP contribution in [0.15, 0.2) is 54.6 Å². The number of hydrogen-bond acceptors (Lipinski definition) is 10. The van der Waals surface area contributed by atoms with E-state index in [9.17, 15) is 29.4 Å². The van der Waals surface area contributed by atoms with Crippen molar-refractivity contribution < 1.29 is 53.1 Å². The standard InChI is InChI=1S/C43H53N3O11/c1-7-45-19-13-28-21-33(53-3)35(55-5)23-30(28)38(45)32-25-42(39(48)49,40(50)51)16-17-43(32)31-24-36(56-6)34(54-4)22-29(31)14-20-46(43)37(47)15-18-44(2)41(52)57-26-27-11-9-8-10-12-27/h8-12,21-24,32,38H,7,13-20,25-26H2,1-6H3,(H,48,49)(H,50,51). The summed E-state index contributed by atoms with van der Waals surface area (Å²) in [5.41, 5.74) is 0.981. The molecule has 2 N–H and O–H groups in total. The maximum absolute atomic E-state index is 14.9. The molecule has 1 fully saturated rings. The summed E-state index contributed by atoms with van der Waals surface area (Å²) in [5, 5.41) is 21.5. The van der Waals surface area contributed by atoms with Crippen LogP contribution in [0.3, 0.4) is 0 Å². The molecule has 14 heteroatoms. The van der Waals surface area contributed by atoms with Gasteiger partial charge in [0.05, 0.1) is 34.0 Å². The van der Waals surface area contributed by atoms with Crippen LogP contribution in [-0.2, 0) is 44.1 Å². The maximum atomic E-state index is 14.9. The normalized spacial score (nSPS) is 21.1. The van der Waals surface area contributed by atoms with Gasteiger partial charge in [0.2, 0.25) is 5.91 Å². The molecule has 3 aromatic rings. The minimum absolute atomic E-state index is 0.0378. The third-order valence-electron chi connectivity index (χ3n) is 12.4. The molecule has 2 heterocycles. The SMILES string of the molecule is CCN1CCc2cc(OC)c(OC)cc2C1C1CC(C(=O)O)(C(=O)O)CCC12c1cc(OC)c(OC)cc1CCN2C(=O)CCN(C)C(=O)OCc1ccccc1. The molecule has 0 aromatic heterocycles. The number of ether oxygens (including phenoxy) is 5. The Labute approximate surface area is 333 Å². The number of carboxylic acid groups (broad SMARTS) is 2. The quantitative estimate of drug-likeness (QED) is 0.209. The van der Waals surface area contributed by atoms with Crippen LogP contribution in [0, 0.1) is 11.3 Å². The van der Waals surface area contributed by atoms with Crippen molar-refractivity contribution in [2.75, 3.05) is 61.7 Å². The Bertz CT molecular complexity index is 1970. The van der Waals surface area contributed by atoms with Gasteiger partial charge in [-0.3, -0.25) is 19.3 Å². The number of nitrogens with zero attached hydrogens (tertiary/aromatic N) is 3. The molecule has 0 radical (unpaired) electrons. The molecule has 6 rings (SSSR count). The lowest BCUT2D eigenvalue weighted by Gasteiger charge is -2.60. The first-order chi connectivity index (χ1) is 27.4. The van der Waals surface area contributed by atoms with Crippen LogP contribution in [0.4, 0.5) is 4.79 Å². The molecule has 2 aliphatic heterocycles. The average molecular weight is 788 g/mol. The Morgan fingerprint density at radius 3 is 2.02 bits per heavy atom. The zero-order chi connectivity index (χ0) is 41.1. The van der Waals surface area contributed by atoms with E-state index in [0.717, 1.165) is 27.8 Å². The average Bonchev–Trinajstić information content (AvgIpc) is 3.23. The monoisotopic (exact) mass is 787 g/mol. The Hall–Kier alpha value is -5.50. The van der Waals surface area contributed by atoms with E-state index in [0.29, 0.717) is 48.9 Å². The van der Waals surface area contributed by atoms with Gasteiger partial charge in [0, 0.05) is 45.1 Å². The predicted octanol–water partition coefficient (Wildman–Crippen LogP) is 5.53. The number of amides is 2. The third kappa shape index (κ3) is 7.42. The lowest BCUT2D eigenvalue weighted by molar-refractivity contribution is -0.178. The van der Waals surface area contributed by atoms with E-state index in [1.807, 2.05) is 66.4 Å². The van der Waals surface area contributed by atoms with Crippen LogP contribution in [-0.4, -0.2) is 111 Å². The van der Waals surface area contributed by atoms with Gasteiger partial charge in [-0.25, -0.2) is 4.79 Å². The summed E-state index contributed by atoms with van der Waals surface area (Å²) in [5.74, 6) is -1.88. The molecule has 3 unspecified atom stereocenters. The molecule has 3 aromatic carbocycles. The topological polar surface area (TPSA) is 165 Å². The Morgan fingerprint density at radius 1 is 0.807 bits per heavy atom. The maximum Gasteiger partial charge on any atom is 0.409 e. The number of likely N-dealkylation sites (N-methyl/N-ethyl adjacent to an activating group) is 1. The van der Waals surface area contributed by atoms with Crippen LogP contribution < -0.4 is 18.9 Å². The smallest absolute Gasteiger partial charge is 0.409 e. The van der Waals surface area contributed by atoms with E-state index in [1.54, 1.807) is 28.4 Å². The largest absolute Gasteiger partial charge is 0.493 e. The zero-order valence-corrected chi connectivity index (χ0v) is 33.5. The van der Waals surface area contributed by atoms with Gasteiger partial charge in [0.15, 0.2) is 28.4 Å². The van der Waals surface area contributed by atoms with Crippen LogP contribution >= 0.6 is 0 Å². The first kappa shape index (κ1) is 41.1. The molecule has 3 atom stereocenters. The van der Waals surface area contributed by atoms with E-state index >= 15 is 0 Å². The predicted molar refractivity (Wildman–Crippen MR) is 209 cm³/mol. The lowest BCUT2D eigenvalue weighted by atomic mass is 9.54. The highest BCUT2D eigenvalue weighted by molar-refractivity contribution is 5.98. The number of fused-ring (bicyclic) bond motifs is 3. The highest BCUT2D eigenvalue weighted by Crippen LogP contribution is 2.61. The number of aliphatic carboxylic acids is 2. The second-order valence-corrected chi connectivity index (χ2v) is 15.0. The fourth-order valence-corrected chi connectivity index (χ4v) is 9.39. The minimum Gasteiger partial charge on any atom is -0.493 e. The van der Waals surface area contributed by atoms with Crippen molar-refractivity contribution >= 4 is 23.9 Å². The molecule has 1 aliphatic carbocycles. The van der Waals surface area contributed by atoms with E-state index in [-0.39, 0.29) is 51.3 Å². The van der Waals surface area contributed by atoms with Gasteiger partial charge in [-0.15, -0.1) is 0 Å². The highest BCUT2D eigenvalue weighted by Gasteiger charge is 2.64. The van der Waals surface area contributed by atoms with Crippen LogP contribution in [0.5, 0.6) is 23.0 Å². The molecule has 2 amide bonds. The summed E-state index contributed by atoms with van der Waals surface area (Å²) in [7, 11) is 7.78. The first-order valence-electron chi connectivity index (χ1n) is 19.3. The molecule has 3 aliphatic rings. The van der Waals surface area contributed by atoms with Gasteiger partial charge in [-0.1, -0.05) is 37.3 Å². The minimum atomic E-state index is -2.13. The molecule has 1 saturated carbocycles. The van der Waals surface area contributed by atoms with Crippen molar-refractivity contribution in [3.05, 3.63) is 82.4 Å². The fourth-order valence-electron chi connectivity index (χ4n) is 9.39. The molecular weight excluding hydrogens is 734 g/mol. The molecule has 0 saturated heterocycles. The van der Waals surface area contributed by atoms with E-state index in [2.05, 4.69) is 4.90 Å². The van der Waals surface area contributed by atoms with Gasteiger partial charge in [-0.2, -0.15) is 0 Å². The van der Waals surface area contributed by atoms with Crippen molar-refractivity contribution in [3.63, 3.8) is 0 Å². The van der Waals surface area contributed by atoms with Crippen molar-refractivity contribution in [1.82, 2.24) is 14.7 Å². The molecule has 1 spiro atoms. The zero-order valence-electron chi connectivity index (χ0n) is 33.5. The highest BCUT2D eigenvalue weighted by atomic mass is 16.6. The Kier molecular flexibility index (Phi) is 12.2. The van der Waals surface area contributed by atoms with E-state index in [1.165, 1.54) is 12.0 Å². The summed E-state index contributed by atoms with van der Waals surface area (Å²) in [4.78, 5) is 59.9. The first-order valence-corrected chi connectivity index (χ1v) is 19.3. The summed E-state index contributed by atoms with van der Waals surface area (Å²) >= 11 is 0. The molecule has 14 nitrogen and oxygen atoms in total. The van der Waals surface area contributed by atoms with Crippen molar-refractivity contribution in [3.8, 4) is 23.0 Å². The Balaban J connectivity index is 1.50. The van der Waals surface area contributed by atoms with Gasteiger partial charge in [0.1, 0.15) is 6.61 Å². The number of carbonyl (C=O) groups excluding carboxylic acids is 2. The van der Waals surface area contributed by atoms with E-state index < -0.39 is 40.9 Å². The molecule has 306 valence electrons. The lowest BCUT2D eigenvalue weighted by Crippen LogP contribution is -2.65. The summed E-state index contributed by atoms with van der Waals surface area (Å²) in [6.07, 6.45) is 0.0337. The second kappa shape index (κ2) is 16.9. The van der Waals surface area contributed by atoms with Crippen molar-refractivity contribution in [1.29, 1.82) is 0 Å². The molecule has 0 bridgehead atoms. The molecular formula is C43H53N3O11. The summed E-state index contributed by atoms with van der Waals surface area (Å²) in [6, 6.07) is 16.4. The summed E-state index contributed by atoms with van der Waals surface area (Å²) < 4.78 is 28.5. The van der Waals surface area contributed by atoms with Crippen molar-refractivity contribution in [2.24, 2.45) is 11.3 Å². The van der Waals surface area contributed by atoms with E-state index in [4.69, 9.17) is 23.7 Å². The number of carboxylic acids is 2. The number of carbonyl (C=O) groups is 4. The number of rotatable bonds is 13. The van der Waals surface area contributed by atoms with Crippen LogP contribution in [0.1, 0.15) is 66.5 Å². The fraction of sp³-hybridized carbons (Fsp3) is 0.488. The van der Waals surface area contributed by atoms with Crippen LogP contribution in [0.25, 0.3) is 0 Å². The summed E-state index contributed by atoms with van der Waals surface area (Å²) in [6.45, 7) is 3.60. The van der Waals surface area contributed by atoms with Crippen LogP contribution in [0.2, 0.25) is 0 Å². The van der Waals surface area contributed by atoms with Gasteiger partial charge in [-0.05, 0) is 90.7 Å². The number of hydrogen-bond donors (Lipinski definition) is 2.